The van der Waals surface area contributed by atoms with Gasteiger partial charge in [-0.15, -0.1) is 0 Å². The highest BCUT2D eigenvalue weighted by Gasteiger charge is 2.48. The van der Waals surface area contributed by atoms with Crippen LogP contribution in [-0.2, 0) is 9.53 Å². The van der Waals surface area contributed by atoms with Gasteiger partial charge in [0, 0.05) is 25.7 Å². The van der Waals surface area contributed by atoms with Crippen molar-refractivity contribution in [2.75, 3.05) is 53.0 Å². The molecule has 4 rings (SSSR count). The highest BCUT2D eigenvalue weighted by atomic mass is 16.5. The minimum Gasteiger partial charge on any atom is -0.378 e. The fourth-order valence-corrected chi connectivity index (χ4v) is 5.54. The number of piperidine rings is 1. The molecule has 1 saturated carbocycles. The number of rotatable bonds is 2. The number of hydrogen-bond acceptors (Lipinski definition) is 4. The number of nitrogens with zero attached hydrogens (tertiary/aromatic N) is 3. The monoisotopic (exact) mass is 335 g/mol. The number of carbonyl (C=O) groups is 1. The molecule has 0 radical (unpaired) electrons. The Morgan fingerprint density at radius 2 is 1.71 bits per heavy atom. The van der Waals surface area contributed by atoms with E-state index in [9.17, 15) is 4.79 Å². The zero-order valence-electron chi connectivity index (χ0n) is 15.2. The summed E-state index contributed by atoms with van der Waals surface area (Å²) in [6.07, 6.45) is 9.28. The van der Waals surface area contributed by atoms with Crippen molar-refractivity contribution < 1.29 is 9.53 Å². The third-order valence-corrected chi connectivity index (χ3v) is 7.05. The largest absolute Gasteiger partial charge is 0.378 e. The fraction of sp³-hybridized carbons (Fsp3) is 0.947. The van der Waals surface area contributed by atoms with Crippen LogP contribution in [0.5, 0.6) is 0 Å². The van der Waals surface area contributed by atoms with Crippen LogP contribution in [0.3, 0.4) is 0 Å². The standard InChI is InChI=1S/C19H33N3O2/c1-20-15-19(6-8-21(9-7-19)16-4-2-3-5-16)14-17(20)18(23)22-10-12-24-13-11-22/h16-17H,2-15H2,1H3. The zero-order chi connectivity index (χ0) is 16.6. The van der Waals surface area contributed by atoms with Crippen molar-refractivity contribution in [1.82, 2.24) is 14.7 Å². The average Bonchev–Trinajstić information content (AvgIpc) is 3.25. The molecule has 4 aliphatic rings. The van der Waals surface area contributed by atoms with Crippen molar-refractivity contribution >= 4 is 5.91 Å². The smallest absolute Gasteiger partial charge is 0.240 e. The maximum atomic E-state index is 12.9. The molecule has 5 nitrogen and oxygen atoms in total. The average molecular weight is 335 g/mol. The second kappa shape index (κ2) is 6.93. The highest BCUT2D eigenvalue weighted by molar-refractivity contribution is 5.82. The quantitative estimate of drug-likeness (QED) is 0.768. The molecule has 3 heterocycles. The Balaban J connectivity index is 1.35. The Kier molecular flexibility index (Phi) is 4.85. The van der Waals surface area contributed by atoms with Crippen LogP contribution in [0.4, 0.5) is 0 Å². The van der Waals surface area contributed by atoms with Gasteiger partial charge in [-0.3, -0.25) is 9.69 Å². The third-order valence-electron chi connectivity index (χ3n) is 7.05. The normalized spacial score (nSPS) is 32.7. The van der Waals surface area contributed by atoms with E-state index in [-0.39, 0.29) is 6.04 Å². The van der Waals surface area contributed by atoms with Crippen LogP contribution in [0.1, 0.15) is 44.9 Å². The van der Waals surface area contributed by atoms with Crippen molar-refractivity contribution in [2.45, 2.75) is 57.0 Å². The summed E-state index contributed by atoms with van der Waals surface area (Å²) in [6.45, 7) is 6.53. The first-order valence-electron chi connectivity index (χ1n) is 9.98. The molecular formula is C19H33N3O2. The molecule has 1 amide bonds. The second-order valence-corrected chi connectivity index (χ2v) is 8.55. The van der Waals surface area contributed by atoms with Crippen LogP contribution in [0.2, 0.25) is 0 Å². The van der Waals surface area contributed by atoms with Gasteiger partial charge in [0.2, 0.25) is 5.91 Å². The number of ether oxygens (including phenoxy) is 1. The number of likely N-dealkylation sites (tertiary alicyclic amines) is 2. The van der Waals surface area contributed by atoms with Crippen LogP contribution in [0.15, 0.2) is 0 Å². The van der Waals surface area contributed by atoms with Crippen molar-refractivity contribution in [3.63, 3.8) is 0 Å². The molecule has 1 spiro atoms. The van der Waals surface area contributed by atoms with E-state index in [4.69, 9.17) is 4.74 Å². The van der Waals surface area contributed by atoms with Crippen LogP contribution in [-0.4, -0.2) is 85.7 Å². The van der Waals surface area contributed by atoms with Gasteiger partial charge in [0.25, 0.3) is 0 Å². The summed E-state index contributed by atoms with van der Waals surface area (Å²) in [7, 11) is 2.15. The summed E-state index contributed by atoms with van der Waals surface area (Å²) in [4.78, 5) is 20.0. The Morgan fingerprint density at radius 1 is 1.04 bits per heavy atom. The third kappa shape index (κ3) is 3.23. The van der Waals surface area contributed by atoms with E-state index in [1.807, 2.05) is 4.90 Å². The van der Waals surface area contributed by atoms with E-state index in [0.717, 1.165) is 32.1 Å². The van der Waals surface area contributed by atoms with Gasteiger partial charge in [-0.05, 0) is 57.7 Å². The van der Waals surface area contributed by atoms with E-state index in [0.29, 0.717) is 24.5 Å². The Bertz CT molecular complexity index is 450. The van der Waals surface area contributed by atoms with Gasteiger partial charge in [-0.25, -0.2) is 0 Å². The van der Waals surface area contributed by atoms with Gasteiger partial charge in [0.05, 0.1) is 19.3 Å². The van der Waals surface area contributed by atoms with Crippen molar-refractivity contribution in [3.05, 3.63) is 0 Å². The Labute approximate surface area is 146 Å². The fourth-order valence-electron chi connectivity index (χ4n) is 5.54. The first-order chi connectivity index (χ1) is 11.7. The molecule has 0 aromatic carbocycles. The maximum absolute atomic E-state index is 12.9. The number of amides is 1. The second-order valence-electron chi connectivity index (χ2n) is 8.55. The van der Waals surface area contributed by atoms with Gasteiger partial charge >= 0.3 is 0 Å². The van der Waals surface area contributed by atoms with E-state index >= 15 is 0 Å². The zero-order valence-corrected chi connectivity index (χ0v) is 15.2. The van der Waals surface area contributed by atoms with Crippen LogP contribution in [0.25, 0.3) is 0 Å². The molecule has 3 saturated heterocycles. The summed E-state index contributed by atoms with van der Waals surface area (Å²) in [6, 6.07) is 0.952. The van der Waals surface area contributed by atoms with Gasteiger partial charge in [-0.2, -0.15) is 0 Å². The van der Waals surface area contributed by atoms with E-state index in [1.165, 1.54) is 51.6 Å². The summed E-state index contributed by atoms with van der Waals surface area (Å²) in [5.74, 6) is 0.343. The molecule has 1 atom stereocenters. The minimum absolute atomic E-state index is 0.0983. The minimum atomic E-state index is 0.0983. The lowest BCUT2D eigenvalue weighted by Gasteiger charge is -2.42. The van der Waals surface area contributed by atoms with E-state index < -0.39 is 0 Å². The lowest BCUT2D eigenvalue weighted by Crippen LogP contribution is -2.48. The van der Waals surface area contributed by atoms with Crippen LogP contribution < -0.4 is 0 Å². The number of hydrogen-bond donors (Lipinski definition) is 0. The maximum Gasteiger partial charge on any atom is 0.240 e. The lowest BCUT2D eigenvalue weighted by atomic mass is 9.76. The highest BCUT2D eigenvalue weighted by Crippen LogP contribution is 2.44. The van der Waals surface area contributed by atoms with Crippen molar-refractivity contribution in [2.24, 2.45) is 5.41 Å². The van der Waals surface area contributed by atoms with Crippen LogP contribution >= 0.6 is 0 Å². The van der Waals surface area contributed by atoms with Crippen molar-refractivity contribution in [3.8, 4) is 0 Å². The molecular weight excluding hydrogens is 302 g/mol. The molecule has 0 bridgehead atoms. The predicted molar refractivity (Wildman–Crippen MR) is 93.9 cm³/mol. The molecule has 3 aliphatic heterocycles. The van der Waals surface area contributed by atoms with Gasteiger partial charge in [-0.1, -0.05) is 12.8 Å². The Morgan fingerprint density at radius 3 is 2.38 bits per heavy atom. The molecule has 0 N–H and O–H groups in total. The van der Waals surface area contributed by atoms with E-state index in [2.05, 4.69) is 16.8 Å². The molecule has 24 heavy (non-hydrogen) atoms. The van der Waals surface area contributed by atoms with Gasteiger partial charge in [0.1, 0.15) is 0 Å². The SMILES string of the molecule is CN1CC2(CCN(C3CCCC3)CC2)CC1C(=O)N1CCOCC1. The molecule has 4 fully saturated rings. The number of likely N-dealkylation sites (N-methyl/N-ethyl adjacent to an activating group) is 1. The van der Waals surface area contributed by atoms with Gasteiger partial charge < -0.3 is 14.5 Å². The molecule has 0 aromatic rings. The van der Waals surface area contributed by atoms with Crippen molar-refractivity contribution in [1.29, 1.82) is 0 Å². The van der Waals surface area contributed by atoms with Gasteiger partial charge in [0.15, 0.2) is 0 Å². The van der Waals surface area contributed by atoms with Crippen LogP contribution in [0, 0.1) is 5.41 Å². The Hall–Kier alpha value is -0.650. The summed E-state index contributed by atoms with van der Waals surface area (Å²) >= 11 is 0. The predicted octanol–water partition coefficient (Wildman–Crippen LogP) is 1.57. The first kappa shape index (κ1) is 16.8. The van der Waals surface area contributed by atoms with E-state index in [1.54, 1.807) is 0 Å². The summed E-state index contributed by atoms with van der Waals surface area (Å²) in [5, 5.41) is 0. The lowest BCUT2D eigenvalue weighted by molar-refractivity contribution is -0.139. The summed E-state index contributed by atoms with van der Waals surface area (Å²) < 4.78 is 5.40. The first-order valence-corrected chi connectivity index (χ1v) is 9.98. The molecule has 1 unspecified atom stereocenters. The molecule has 0 aromatic heterocycles. The molecule has 5 heteroatoms. The summed E-state index contributed by atoms with van der Waals surface area (Å²) in [5.41, 5.74) is 0.385. The number of carbonyl (C=O) groups excluding carboxylic acids is 1. The molecule has 1 aliphatic carbocycles. The topological polar surface area (TPSA) is 36.0 Å². The molecule has 136 valence electrons. The number of morpholine rings is 1.